The van der Waals surface area contributed by atoms with Gasteiger partial charge in [-0.15, -0.1) is 0 Å². The monoisotopic (exact) mass is 377 g/mol. The van der Waals surface area contributed by atoms with Crippen LogP contribution in [0.5, 0.6) is 0 Å². The third-order valence-electron chi connectivity index (χ3n) is 3.26. The number of nitrogens with one attached hydrogen (secondary N) is 1. The van der Waals surface area contributed by atoms with Crippen molar-refractivity contribution in [3.63, 3.8) is 0 Å². The molecular weight excluding hydrogens is 354 g/mol. The zero-order chi connectivity index (χ0) is 18.4. The number of nitrogens with zero attached hydrogens (tertiary/aromatic N) is 1. The van der Waals surface area contributed by atoms with E-state index in [4.69, 9.17) is 5.14 Å². The molecule has 10 heteroatoms. The van der Waals surface area contributed by atoms with Gasteiger partial charge >= 0.3 is 0 Å². The SMILES string of the molecule is CCCNC(=O)CN(CCc1ccc(S(N)(=O)=O)cc1)S(C)(=O)=O. The molecule has 0 aliphatic rings. The maximum absolute atomic E-state index is 11.8. The van der Waals surface area contributed by atoms with E-state index in [-0.39, 0.29) is 23.9 Å². The Bertz CT molecular complexity index is 758. The molecule has 0 heterocycles. The second kappa shape index (κ2) is 8.56. The van der Waals surface area contributed by atoms with Crippen LogP contribution in [0.1, 0.15) is 18.9 Å². The summed E-state index contributed by atoms with van der Waals surface area (Å²) in [4.78, 5) is 11.7. The Labute approximate surface area is 143 Å². The van der Waals surface area contributed by atoms with Crippen molar-refractivity contribution in [3.05, 3.63) is 29.8 Å². The van der Waals surface area contributed by atoms with Gasteiger partial charge in [-0.2, -0.15) is 4.31 Å². The smallest absolute Gasteiger partial charge is 0.238 e. The van der Waals surface area contributed by atoms with Crippen LogP contribution in [0.25, 0.3) is 0 Å². The zero-order valence-corrected chi connectivity index (χ0v) is 15.4. The summed E-state index contributed by atoms with van der Waals surface area (Å²) in [5, 5.41) is 7.65. The van der Waals surface area contributed by atoms with Crippen molar-refractivity contribution in [2.45, 2.75) is 24.7 Å². The predicted octanol–water partition coefficient (Wildman–Crippen LogP) is -0.336. The quantitative estimate of drug-likeness (QED) is 0.609. The summed E-state index contributed by atoms with van der Waals surface area (Å²) >= 11 is 0. The molecule has 1 aromatic carbocycles. The van der Waals surface area contributed by atoms with E-state index in [1.54, 1.807) is 12.1 Å². The van der Waals surface area contributed by atoms with Gasteiger partial charge < -0.3 is 5.32 Å². The number of carbonyl (C=O) groups excluding carboxylic acids is 1. The second-order valence-electron chi connectivity index (χ2n) is 5.39. The molecule has 0 aliphatic heterocycles. The van der Waals surface area contributed by atoms with Crippen LogP contribution >= 0.6 is 0 Å². The molecule has 0 atom stereocenters. The Morgan fingerprint density at radius 3 is 2.21 bits per heavy atom. The van der Waals surface area contributed by atoms with E-state index in [2.05, 4.69) is 5.32 Å². The number of amides is 1. The number of benzene rings is 1. The molecule has 0 unspecified atom stereocenters. The fourth-order valence-corrected chi connectivity index (χ4v) is 3.23. The van der Waals surface area contributed by atoms with Crippen LogP contribution in [0.15, 0.2) is 29.2 Å². The molecule has 0 saturated carbocycles. The van der Waals surface area contributed by atoms with Crippen molar-refractivity contribution in [2.75, 3.05) is 25.9 Å². The molecule has 0 radical (unpaired) electrons. The number of sulfonamides is 2. The summed E-state index contributed by atoms with van der Waals surface area (Å²) in [7, 11) is -7.29. The van der Waals surface area contributed by atoms with E-state index in [0.29, 0.717) is 13.0 Å². The summed E-state index contributed by atoms with van der Waals surface area (Å²) in [6.45, 7) is 2.27. The lowest BCUT2D eigenvalue weighted by Crippen LogP contribution is -2.41. The highest BCUT2D eigenvalue weighted by molar-refractivity contribution is 7.89. The minimum Gasteiger partial charge on any atom is -0.355 e. The number of rotatable bonds is 9. The van der Waals surface area contributed by atoms with Gasteiger partial charge in [0, 0.05) is 13.1 Å². The molecule has 1 rings (SSSR count). The summed E-state index contributed by atoms with van der Waals surface area (Å²) in [6.07, 6.45) is 2.16. The number of nitrogens with two attached hydrogens (primary N) is 1. The molecule has 0 bridgehead atoms. The molecule has 1 amide bonds. The Morgan fingerprint density at radius 2 is 1.75 bits per heavy atom. The number of hydrogen-bond donors (Lipinski definition) is 2. The van der Waals surface area contributed by atoms with Crippen LogP contribution in [0.4, 0.5) is 0 Å². The van der Waals surface area contributed by atoms with Gasteiger partial charge in [0.2, 0.25) is 26.0 Å². The number of hydrogen-bond acceptors (Lipinski definition) is 5. The first-order valence-corrected chi connectivity index (χ1v) is 10.8. The first-order chi connectivity index (χ1) is 11.0. The number of carbonyl (C=O) groups is 1. The molecule has 0 fully saturated rings. The van der Waals surface area contributed by atoms with E-state index in [1.807, 2.05) is 6.92 Å². The summed E-state index contributed by atoms with van der Waals surface area (Å²) in [5.41, 5.74) is 0.741. The summed E-state index contributed by atoms with van der Waals surface area (Å²) in [5.74, 6) is -0.355. The van der Waals surface area contributed by atoms with Gasteiger partial charge in [0.15, 0.2) is 0 Å². The molecule has 0 aliphatic carbocycles. The second-order valence-corrected chi connectivity index (χ2v) is 8.93. The first kappa shape index (κ1) is 20.6. The Balaban J connectivity index is 2.73. The third-order valence-corrected chi connectivity index (χ3v) is 5.44. The highest BCUT2D eigenvalue weighted by Crippen LogP contribution is 2.10. The van der Waals surface area contributed by atoms with Gasteiger partial charge in [-0.25, -0.2) is 22.0 Å². The van der Waals surface area contributed by atoms with Crippen LogP contribution in [0.3, 0.4) is 0 Å². The highest BCUT2D eigenvalue weighted by atomic mass is 32.2. The van der Waals surface area contributed by atoms with Gasteiger partial charge in [0.05, 0.1) is 17.7 Å². The topological polar surface area (TPSA) is 127 Å². The van der Waals surface area contributed by atoms with E-state index >= 15 is 0 Å². The molecule has 136 valence electrons. The van der Waals surface area contributed by atoms with Crippen LogP contribution in [-0.2, 0) is 31.3 Å². The lowest BCUT2D eigenvalue weighted by molar-refractivity contribution is -0.121. The van der Waals surface area contributed by atoms with Crippen molar-refractivity contribution < 1.29 is 21.6 Å². The van der Waals surface area contributed by atoms with Crippen molar-refractivity contribution >= 4 is 26.0 Å². The minimum absolute atomic E-state index is 0.00911. The Kier molecular flexibility index (Phi) is 7.33. The fraction of sp³-hybridized carbons (Fsp3) is 0.500. The number of primary sulfonamides is 1. The average Bonchev–Trinajstić information content (AvgIpc) is 2.47. The molecule has 1 aromatic rings. The molecule has 24 heavy (non-hydrogen) atoms. The van der Waals surface area contributed by atoms with Crippen molar-refractivity contribution in [1.29, 1.82) is 0 Å². The van der Waals surface area contributed by atoms with Crippen molar-refractivity contribution in [3.8, 4) is 0 Å². The van der Waals surface area contributed by atoms with Crippen LogP contribution < -0.4 is 10.5 Å². The summed E-state index contributed by atoms with van der Waals surface area (Å²) in [6, 6.07) is 5.86. The van der Waals surface area contributed by atoms with E-state index < -0.39 is 20.0 Å². The van der Waals surface area contributed by atoms with Crippen molar-refractivity contribution in [2.24, 2.45) is 5.14 Å². The van der Waals surface area contributed by atoms with Crippen LogP contribution in [0.2, 0.25) is 0 Å². The molecule has 8 nitrogen and oxygen atoms in total. The third kappa shape index (κ3) is 6.95. The van der Waals surface area contributed by atoms with E-state index in [1.165, 1.54) is 12.1 Å². The van der Waals surface area contributed by atoms with Gasteiger partial charge in [-0.1, -0.05) is 19.1 Å². The van der Waals surface area contributed by atoms with Gasteiger partial charge in [-0.05, 0) is 30.5 Å². The zero-order valence-electron chi connectivity index (χ0n) is 13.7. The molecule has 0 spiro atoms. The standard InChI is InChI=1S/C14H23N3O5S2/c1-3-9-16-14(18)11-17(23(2,19)20)10-8-12-4-6-13(7-5-12)24(15,21)22/h4-7H,3,8-11H2,1-2H3,(H,16,18)(H2,15,21,22). The van der Waals surface area contributed by atoms with Crippen LogP contribution in [0, 0.1) is 0 Å². The summed E-state index contributed by atoms with van der Waals surface area (Å²) < 4.78 is 47.1. The van der Waals surface area contributed by atoms with Crippen molar-refractivity contribution in [1.82, 2.24) is 9.62 Å². The lowest BCUT2D eigenvalue weighted by atomic mass is 10.1. The normalized spacial score (nSPS) is 12.3. The largest absolute Gasteiger partial charge is 0.355 e. The van der Waals surface area contributed by atoms with Crippen LogP contribution in [-0.4, -0.2) is 52.9 Å². The fourth-order valence-electron chi connectivity index (χ4n) is 1.94. The first-order valence-electron chi connectivity index (χ1n) is 7.37. The average molecular weight is 377 g/mol. The lowest BCUT2D eigenvalue weighted by Gasteiger charge is -2.19. The van der Waals surface area contributed by atoms with E-state index in [0.717, 1.165) is 22.5 Å². The highest BCUT2D eigenvalue weighted by Gasteiger charge is 2.19. The Hall–Kier alpha value is -1.49. The van der Waals surface area contributed by atoms with E-state index in [9.17, 15) is 21.6 Å². The van der Waals surface area contributed by atoms with Gasteiger partial charge in [0.1, 0.15) is 0 Å². The molecule has 0 saturated heterocycles. The molecule has 0 aromatic heterocycles. The molecular formula is C14H23N3O5S2. The maximum Gasteiger partial charge on any atom is 0.238 e. The predicted molar refractivity (Wildman–Crippen MR) is 91.2 cm³/mol. The minimum atomic E-state index is -3.76. The molecule has 3 N–H and O–H groups in total. The van der Waals surface area contributed by atoms with Gasteiger partial charge in [0.25, 0.3) is 0 Å². The van der Waals surface area contributed by atoms with Gasteiger partial charge in [-0.3, -0.25) is 4.79 Å². The maximum atomic E-state index is 11.8. The Morgan fingerprint density at radius 1 is 1.17 bits per heavy atom.